The van der Waals surface area contributed by atoms with Crippen molar-refractivity contribution in [1.82, 2.24) is 0 Å². The van der Waals surface area contributed by atoms with Gasteiger partial charge in [-0.3, -0.25) is 0 Å². The van der Waals surface area contributed by atoms with E-state index in [1.54, 1.807) is 0 Å². The molecule has 1 nitrogen and oxygen atoms in total. The van der Waals surface area contributed by atoms with Gasteiger partial charge < -0.3 is 0 Å². The molecule has 0 aliphatic rings. The Morgan fingerprint density at radius 3 is 2.17 bits per heavy atom. The van der Waals surface area contributed by atoms with Crippen molar-refractivity contribution in [3.05, 3.63) is 0 Å². The molecule has 3 heteroatoms. The van der Waals surface area contributed by atoms with Crippen LogP contribution in [0.3, 0.4) is 0 Å². The molecule has 0 aromatic carbocycles. The Hall–Kier alpha value is 1.19. The van der Waals surface area contributed by atoms with E-state index in [2.05, 4.69) is 6.92 Å². The average molecular weight is 297 g/mol. The van der Waals surface area contributed by atoms with Crippen LogP contribution in [0.1, 0.15) is 6.92 Å². The van der Waals surface area contributed by atoms with E-state index in [0.29, 0.717) is 0 Å². The average Bonchev–Trinajstić information content (AvgIpc) is 1.41. The monoisotopic (exact) mass is 298 g/mol. The van der Waals surface area contributed by atoms with Crippen LogP contribution in [0.4, 0.5) is 0 Å². The predicted octanol–water partition coefficient (Wildman–Crippen LogP) is 1.49. The second-order valence-electron chi connectivity index (χ2n) is 0.993. The summed E-state index contributed by atoms with van der Waals surface area (Å²) in [6, 6.07) is 0. The van der Waals surface area contributed by atoms with Crippen LogP contribution in [-0.2, 0) is 27.7 Å². The number of rotatable bonds is 2. The summed E-state index contributed by atoms with van der Waals surface area (Å²) in [6.07, 6.45) is 0. The molecule has 0 aromatic heterocycles. The van der Waals surface area contributed by atoms with E-state index in [-0.39, 0.29) is 12.4 Å². The van der Waals surface area contributed by atoms with Gasteiger partial charge in [-0.05, 0) is 0 Å². The van der Waals surface area contributed by atoms with Crippen molar-refractivity contribution in [3.8, 4) is 0 Å². The molecule has 0 spiro atoms. The molecule has 0 saturated heterocycles. The van der Waals surface area contributed by atoms with Crippen LogP contribution in [0.15, 0.2) is 0 Å². The summed E-state index contributed by atoms with van der Waals surface area (Å²) in [5.41, 5.74) is 0. The van der Waals surface area contributed by atoms with Crippen molar-refractivity contribution in [2.24, 2.45) is 0 Å². The minimum atomic E-state index is -0.642. The van der Waals surface area contributed by atoms with Gasteiger partial charge in [-0.2, -0.15) is 0 Å². The molecule has 0 N–H and O–H groups in total. The fourth-order valence-electron chi connectivity index (χ4n) is 0.204. The molecule has 0 heterocycles. The zero-order chi connectivity index (χ0) is 4.12. The first kappa shape index (κ1) is 10.2. The molecule has 0 aliphatic carbocycles. The molecule has 6 heavy (non-hydrogen) atoms. The molecule has 0 atom stereocenters. The fourth-order valence-corrected chi connectivity index (χ4v) is 1.79. The minimum Gasteiger partial charge on any atom is -0.147 e. The maximum absolute atomic E-state index is 4.91. The van der Waals surface area contributed by atoms with E-state index in [1.807, 2.05) is 7.11 Å². The summed E-state index contributed by atoms with van der Waals surface area (Å²) in [6.45, 7) is 2.19. The zero-order valence-electron chi connectivity index (χ0n) is 4.23. The Morgan fingerprint density at radius 1 is 1.67 bits per heavy atom. The third-order valence-corrected chi connectivity index (χ3v) is 3.58. The maximum Gasteiger partial charge on any atom is -0.147 e. The van der Waals surface area contributed by atoms with Crippen LogP contribution in [0, 0.1) is 0 Å². The zero-order valence-corrected chi connectivity index (χ0v) is 10.5. The van der Waals surface area contributed by atoms with E-state index in [9.17, 15) is 0 Å². The van der Waals surface area contributed by atoms with Crippen LogP contribution in [0.2, 0.25) is 3.93 Å². The van der Waals surface area contributed by atoms with Crippen molar-refractivity contribution in [2.75, 3.05) is 7.11 Å². The van der Waals surface area contributed by atoms with Crippen molar-refractivity contribution in [2.45, 2.75) is 10.9 Å². The van der Waals surface area contributed by atoms with Gasteiger partial charge in [0.2, 0.25) is 0 Å². The van der Waals surface area contributed by atoms with Gasteiger partial charge in [0.25, 0.3) is 0 Å². The smallest absolute Gasteiger partial charge is 0.147 e. The Balaban J connectivity index is 0. The number of hydrogen-bond donors (Lipinski definition) is 0. The van der Waals surface area contributed by atoms with Crippen molar-refractivity contribution in [3.63, 3.8) is 0 Å². The van der Waals surface area contributed by atoms with E-state index in [1.165, 1.54) is 3.93 Å². The Morgan fingerprint density at radius 2 is 2.17 bits per heavy atom. The Kier molecular flexibility index (Phi) is 16.2. The predicted molar refractivity (Wildman–Crippen MR) is 24.7 cm³/mol. The van der Waals surface area contributed by atoms with Gasteiger partial charge in [-0.25, -0.2) is 0 Å². The van der Waals surface area contributed by atoms with Crippen molar-refractivity contribution < 1.29 is 27.7 Å². The molecule has 0 unspecified atom stereocenters. The van der Waals surface area contributed by atoms with Gasteiger partial charge in [-0.1, -0.05) is 0 Å². The maximum atomic E-state index is 4.91. The first-order valence-corrected chi connectivity index (χ1v) is 8.04. The van der Waals surface area contributed by atoms with Gasteiger partial charge >= 0.3 is 45.6 Å². The normalized spacial score (nSPS) is 5.67. The van der Waals surface area contributed by atoms with Crippen LogP contribution in [-0.4, -0.2) is 7.11 Å². The van der Waals surface area contributed by atoms with E-state index in [0.717, 1.165) is 0 Å². The molecule has 0 saturated carbocycles. The number of hydrogen-bond acceptors (Lipinski definition) is 1. The third kappa shape index (κ3) is 8.95. The van der Waals surface area contributed by atoms with Crippen LogP contribution in [0.5, 0.6) is 0 Å². The van der Waals surface area contributed by atoms with Crippen molar-refractivity contribution >= 4 is 12.4 Å². The summed E-state index contributed by atoms with van der Waals surface area (Å²) in [4.78, 5) is 0. The standard InChI is InChI=1S/C2H5.CH3O.ClH.Hg/c2*1-2;;/h1H2,2H3;1H3;1H;/q;-1;;+1. The molecule has 0 aliphatic heterocycles. The molecule has 0 rings (SSSR count). The first-order valence-electron chi connectivity index (χ1n) is 1.90. The largest absolute Gasteiger partial charge is 0.147 e. The summed E-state index contributed by atoms with van der Waals surface area (Å²) >= 11 is -0.642. The van der Waals surface area contributed by atoms with Crippen LogP contribution in [0.25, 0.3) is 0 Å². The Labute approximate surface area is 58.0 Å². The van der Waals surface area contributed by atoms with Crippen molar-refractivity contribution in [1.29, 1.82) is 0 Å². The third-order valence-electron chi connectivity index (χ3n) is 0.408. The molecular weight excluding hydrogens is 288 g/mol. The number of halogens is 1. The summed E-state index contributed by atoms with van der Waals surface area (Å²) in [5.74, 6) is 0. The first-order chi connectivity index (χ1) is 2.41. The van der Waals surface area contributed by atoms with E-state index < -0.39 is 25.0 Å². The second-order valence-corrected chi connectivity index (χ2v) is 8.71. The second kappa shape index (κ2) is 9.49. The van der Waals surface area contributed by atoms with Crippen LogP contribution >= 0.6 is 12.4 Å². The van der Waals surface area contributed by atoms with Gasteiger partial charge in [0.05, 0.1) is 0 Å². The van der Waals surface area contributed by atoms with Gasteiger partial charge in [-0.15, -0.1) is 12.4 Å². The SMILES string of the molecule is C[CH2][Hg][O]C.Cl. The fraction of sp³-hybridized carbons (Fsp3) is 1.00. The molecule has 0 fully saturated rings. The van der Waals surface area contributed by atoms with Gasteiger partial charge in [0.15, 0.2) is 0 Å². The molecule has 0 amide bonds. The minimum absolute atomic E-state index is 0. The van der Waals surface area contributed by atoms with Gasteiger partial charge in [0.1, 0.15) is 0 Å². The summed E-state index contributed by atoms with van der Waals surface area (Å²) in [5, 5.41) is 0. The van der Waals surface area contributed by atoms with E-state index >= 15 is 0 Å². The topological polar surface area (TPSA) is 9.23 Å². The Bertz CT molecular complexity index is 18.3. The van der Waals surface area contributed by atoms with Crippen LogP contribution < -0.4 is 0 Å². The summed E-state index contributed by atoms with van der Waals surface area (Å²) < 4.78 is 6.26. The molecule has 0 aromatic rings. The molecular formula is C3H9ClHgO. The molecule has 0 bridgehead atoms. The summed E-state index contributed by atoms with van der Waals surface area (Å²) in [7, 11) is 1.81. The molecule has 0 radical (unpaired) electrons. The quantitative estimate of drug-likeness (QED) is 0.702. The molecule has 36 valence electrons. The van der Waals surface area contributed by atoms with E-state index in [4.69, 9.17) is 2.64 Å². The van der Waals surface area contributed by atoms with Gasteiger partial charge in [0, 0.05) is 0 Å².